The summed E-state index contributed by atoms with van der Waals surface area (Å²) >= 11 is 0. The van der Waals surface area contributed by atoms with Gasteiger partial charge in [-0.25, -0.2) is 8.42 Å². The summed E-state index contributed by atoms with van der Waals surface area (Å²) in [4.78, 5) is 0. The fraction of sp³-hybridized carbons (Fsp3) is 0.556. The second kappa shape index (κ2) is 3.84. The minimum atomic E-state index is -2.98. The van der Waals surface area contributed by atoms with Crippen molar-refractivity contribution in [3.63, 3.8) is 0 Å². The molecule has 0 aliphatic heterocycles. The molecule has 1 aliphatic carbocycles. The third kappa shape index (κ3) is 2.94. The standard InChI is InChI=1S/C9H16N2O2S/c1-14(12,13)7-6-9(11)5-3-2-4-8(9)10/h2-5,8H,6-7,10-11H2,1H3. The van der Waals surface area contributed by atoms with Gasteiger partial charge in [-0.1, -0.05) is 24.3 Å². The lowest BCUT2D eigenvalue weighted by Crippen LogP contribution is -2.54. The van der Waals surface area contributed by atoms with Gasteiger partial charge in [-0.3, -0.25) is 0 Å². The first-order chi connectivity index (χ1) is 6.33. The Bertz CT molecular complexity index is 359. The van der Waals surface area contributed by atoms with Gasteiger partial charge in [0.05, 0.1) is 11.3 Å². The maximum atomic E-state index is 11.0. The van der Waals surface area contributed by atoms with Crippen LogP contribution in [0.25, 0.3) is 0 Å². The van der Waals surface area contributed by atoms with Crippen molar-refractivity contribution >= 4 is 9.84 Å². The normalized spacial score (nSPS) is 32.1. The van der Waals surface area contributed by atoms with E-state index in [1.54, 1.807) is 18.2 Å². The Morgan fingerprint density at radius 3 is 2.57 bits per heavy atom. The molecule has 1 aliphatic rings. The highest BCUT2D eigenvalue weighted by Gasteiger charge is 2.30. The molecule has 4 N–H and O–H groups in total. The van der Waals surface area contributed by atoms with Gasteiger partial charge < -0.3 is 11.5 Å². The van der Waals surface area contributed by atoms with Crippen LogP contribution in [-0.4, -0.2) is 32.0 Å². The van der Waals surface area contributed by atoms with Crippen molar-refractivity contribution in [2.75, 3.05) is 12.0 Å². The summed E-state index contributed by atoms with van der Waals surface area (Å²) in [5.74, 6) is 0.0649. The molecule has 0 spiro atoms. The van der Waals surface area contributed by atoms with Gasteiger partial charge in [-0.2, -0.15) is 0 Å². The molecule has 1 rings (SSSR count). The molecule has 5 heteroatoms. The quantitative estimate of drug-likeness (QED) is 0.670. The second-order valence-electron chi connectivity index (χ2n) is 3.76. The smallest absolute Gasteiger partial charge is 0.147 e. The van der Waals surface area contributed by atoms with Gasteiger partial charge in [-0.15, -0.1) is 0 Å². The van der Waals surface area contributed by atoms with Crippen LogP contribution in [0.3, 0.4) is 0 Å². The van der Waals surface area contributed by atoms with Gasteiger partial charge in [-0.05, 0) is 6.42 Å². The molecule has 0 aromatic heterocycles. The van der Waals surface area contributed by atoms with Gasteiger partial charge in [0.1, 0.15) is 9.84 Å². The van der Waals surface area contributed by atoms with Crippen LogP contribution >= 0.6 is 0 Å². The monoisotopic (exact) mass is 216 g/mol. The summed E-state index contributed by atoms with van der Waals surface area (Å²) in [7, 11) is -2.98. The molecule has 2 unspecified atom stereocenters. The zero-order valence-corrected chi connectivity index (χ0v) is 9.00. The maximum absolute atomic E-state index is 11.0. The van der Waals surface area contributed by atoms with Gasteiger partial charge in [0.25, 0.3) is 0 Å². The maximum Gasteiger partial charge on any atom is 0.147 e. The third-order valence-electron chi connectivity index (χ3n) is 2.36. The third-order valence-corrected chi connectivity index (χ3v) is 3.31. The Balaban J connectivity index is 2.67. The van der Waals surface area contributed by atoms with E-state index >= 15 is 0 Å². The topological polar surface area (TPSA) is 86.2 Å². The summed E-state index contributed by atoms with van der Waals surface area (Å²) < 4.78 is 22.0. The molecule has 0 saturated carbocycles. The minimum Gasteiger partial charge on any atom is -0.323 e. The lowest BCUT2D eigenvalue weighted by atomic mass is 9.85. The molecule has 0 heterocycles. The fourth-order valence-corrected chi connectivity index (χ4v) is 2.05. The lowest BCUT2D eigenvalue weighted by molar-refractivity contribution is 0.453. The Morgan fingerprint density at radius 1 is 1.43 bits per heavy atom. The van der Waals surface area contributed by atoms with E-state index < -0.39 is 15.4 Å². The average Bonchev–Trinajstić information content (AvgIpc) is 2.06. The molecule has 2 atom stereocenters. The first-order valence-electron chi connectivity index (χ1n) is 4.42. The number of sulfone groups is 1. The highest BCUT2D eigenvalue weighted by molar-refractivity contribution is 7.90. The number of rotatable bonds is 3. The Kier molecular flexibility index (Phi) is 3.14. The molecule has 0 radical (unpaired) electrons. The Morgan fingerprint density at radius 2 is 2.07 bits per heavy atom. The van der Waals surface area contributed by atoms with E-state index in [0.717, 1.165) is 0 Å². The van der Waals surface area contributed by atoms with Gasteiger partial charge in [0.2, 0.25) is 0 Å². The lowest BCUT2D eigenvalue weighted by Gasteiger charge is -2.32. The van der Waals surface area contributed by atoms with Crippen molar-refractivity contribution in [1.82, 2.24) is 0 Å². The fourth-order valence-electron chi connectivity index (χ4n) is 1.32. The Hall–Kier alpha value is -0.650. The van der Waals surface area contributed by atoms with Crippen LogP contribution in [0, 0.1) is 0 Å². The number of hydrogen-bond acceptors (Lipinski definition) is 4. The average molecular weight is 216 g/mol. The molecule has 4 nitrogen and oxygen atoms in total. The predicted molar refractivity (Wildman–Crippen MR) is 57.5 cm³/mol. The highest BCUT2D eigenvalue weighted by atomic mass is 32.2. The molecule has 0 bridgehead atoms. The molecule has 80 valence electrons. The molecule has 0 fully saturated rings. The van der Waals surface area contributed by atoms with Crippen LogP contribution < -0.4 is 11.5 Å². The van der Waals surface area contributed by atoms with Crippen molar-refractivity contribution in [3.05, 3.63) is 24.3 Å². The van der Waals surface area contributed by atoms with Crippen molar-refractivity contribution in [3.8, 4) is 0 Å². The summed E-state index contributed by atoms with van der Waals surface area (Å²) in [6.07, 6.45) is 8.71. The van der Waals surface area contributed by atoms with Crippen LogP contribution in [0.15, 0.2) is 24.3 Å². The molecule has 0 aromatic rings. The first kappa shape index (κ1) is 11.4. The van der Waals surface area contributed by atoms with Crippen LogP contribution in [-0.2, 0) is 9.84 Å². The summed E-state index contributed by atoms with van der Waals surface area (Å²) in [5.41, 5.74) is 11.0. The molecule has 0 amide bonds. The molecule has 0 saturated heterocycles. The molecule has 14 heavy (non-hydrogen) atoms. The predicted octanol–water partition coefficient (Wildman–Crippen LogP) is -0.428. The van der Waals surface area contributed by atoms with Crippen molar-refractivity contribution < 1.29 is 8.42 Å². The molecule has 0 aromatic carbocycles. The summed E-state index contributed by atoms with van der Waals surface area (Å²) in [6, 6.07) is -0.311. The van der Waals surface area contributed by atoms with Crippen LogP contribution in [0.2, 0.25) is 0 Å². The Labute approximate surface area is 84.6 Å². The SMILES string of the molecule is CS(=O)(=O)CCC1(N)C=CC=CC1N. The minimum absolute atomic E-state index is 0.0649. The van der Waals surface area contributed by atoms with Crippen LogP contribution in [0.4, 0.5) is 0 Å². The summed E-state index contributed by atoms with van der Waals surface area (Å²) in [6.45, 7) is 0. The summed E-state index contributed by atoms with van der Waals surface area (Å²) in [5, 5.41) is 0. The van der Waals surface area contributed by atoms with Crippen molar-refractivity contribution in [1.29, 1.82) is 0 Å². The van der Waals surface area contributed by atoms with Crippen LogP contribution in [0.5, 0.6) is 0 Å². The molecular formula is C9H16N2O2S. The zero-order chi connectivity index (χ0) is 10.8. The number of nitrogens with two attached hydrogens (primary N) is 2. The van der Waals surface area contributed by atoms with Crippen molar-refractivity contribution in [2.24, 2.45) is 11.5 Å². The molecular weight excluding hydrogens is 200 g/mol. The van der Waals surface area contributed by atoms with Crippen molar-refractivity contribution in [2.45, 2.75) is 18.0 Å². The van der Waals surface area contributed by atoms with E-state index in [2.05, 4.69) is 0 Å². The number of allylic oxidation sites excluding steroid dienone is 2. The van der Waals surface area contributed by atoms with Gasteiger partial charge in [0, 0.05) is 12.3 Å². The number of hydrogen-bond donors (Lipinski definition) is 2. The largest absolute Gasteiger partial charge is 0.323 e. The van der Waals surface area contributed by atoms with E-state index in [0.29, 0.717) is 6.42 Å². The van der Waals surface area contributed by atoms with E-state index in [1.807, 2.05) is 6.08 Å². The highest BCUT2D eigenvalue weighted by Crippen LogP contribution is 2.18. The zero-order valence-electron chi connectivity index (χ0n) is 8.18. The van der Waals surface area contributed by atoms with Gasteiger partial charge >= 0.3 is 0 Å². The van der Waals surface area contributed by atoms with E-state index in [1.165, 1.54) is 6.26 Å². The second-order valence-corrected chi connectivity index (χ2v) is 6.02. The van der Waals surface area contributed by atoms with Gasteiger partial charge in [0.15, 0.2) is 0 Å². The van der Waals surface area contributed by atoms with E-state index in [4.69, 9.17) is 11.5 Å². The van der Waals surface area contributed by atoms with E-state index in [-0.39, 0.29) is 11.8 Å². The van der Waals surface area contributed by atoms with Crippen LogP contribution in [0.1, 0.15) is 6.42 Å². The van der Waals surface area contributed by atoms with E-state index in [9.17, 15) is 8.42 Å². The first-order valence-corrected chi connectivity index (χ1v) is 6.48.